The summed E-state index contributed by atoms with van der Waals surface area (Å²) in [6.07, 6.45) is 57.0. The quantitative estimate of drug-likeness (QED) is 0.0222. The van der Waals surface area contributed by atoms with E-state index in [1.54, 1.807) is 0 Å². The maximum Gasteiger partial charge on any atom is 0.472 e. The van der Waals surface area contributed by atoms with Crippen LogP contribution in [-0.2, 0) is 65.4 Å². The fraction of sp³-hybridized carbons (Fsp3) is 0.951. The van der Waals surface area contributed by atoms with Gasteiger partial charge in [-0.15, -0.1) is 0 Å². The van der Waals surface area contributed by atoms with Gasteiger partial charge in [0.1, 0.15) is 19.3 Å². The summed E-state index contributed by atoms with van der Waals surface area (Å²) >= 11 is 0. The predicted molar refractivity (Wildman–Crippen MR) is 409 cm³/mol. The Morgan fingerprint density at radius 1 is 0.280 bits per heavy atom. The van der Waals surface area contributed by atoms with Gasteiger partial charge < -0.3 is 33.8 Å². The van der Waals surface area contributed by atoms with Crippen LogP contribution in [0, 0.1) is 23.7 Å². The second-order valence-corrected chi connectivity index (χ2v) is 33.7. The highest BCUT2D eigenvalue weighted by Gasteiger charge is 2.30. The van der Waals surface area contributed by atoms with Gasteiger partial charge in [-0.2, -0.15) is 0 Å². The largest absolute Gasteiger partial charge is 0.472 e. The van der Waals surface area contributed by atoms with Crippen LogP contribution < -0.4 is 0 Å². The van der Waals surface area contributed by atoms with Crippen molar-refractivity contribution in [3.05, 3.63) is 0 Å². The van der Waals surface area contributed by atoms with E-state index in [1.165, 1.54) is 212 Å². The smallest absolute Gasteiger partial charge is 0.462 e. The molecular formula is C81H158O17P2. The molecular weight excluding hydrogens is 1310 g/mol. The highest BCUT2D eigenvalue weighted by Crippen LogP contribution is 2.45. The molecule has 0 aromatic rings. The van der Waals surface area contributed by atoms with Crippen molar-refractivity contribution in [3.8, 4) is 0 Å². The van der Waals surface area contributed by atoms with Crippen LogP contribution in [0.1, 0.15) is 415 Å². The maximum atomic E-state index is 13.1. The average Bonchev–Trinajstić information content (AvgIpc) is 0.949. The summed E-state index contributed by atoms with van der Waals surface area (Å²) in [5.41, 5.74) is 0. The van der Waals surface area contributed by atoms with Crippen LogP contribution in [0.3, 0.4) is 0 Å². The fourth-order valence-electron chi connectivity index (χ4n) is 12.4. The van der Waals surface area contributed by atoms with Gasteiger partial charge in [0.05, 0.1) is 26.4 Å². The predicted octanol–water partition coefficient (Wildman–Crippen LogP) is 24.0. The standard InChI is InChI=1S/C81H158O17P2/c1-9-74(8)60-52-44-35-29-25-26-32-38-48-56-64-81(86)97-76(67-91-78(83)61-53-45-36-30-23-19-15-11-10-13-17-21-27-33-41-49-57-71(2)3)69-95-99(87,88)93-65-75(82)66-94-100(89,90)96-70-77(68-92-79(84)62-54-46-40-39-43-51-59-73(6)7)98-80(85)63-55-47-37-31-24-20-16-12-14-18-22-28-34-42-50-58-72(4)5/h71-77,82H,9-70H2,1-8H3,(H,87,88)(H,89,90)/t74?,75?,76-,77-/m1/s1. The molecule has 0 saturated carbocycles. The summed E-state index contributed by atoms with van der Waals surface area (Å²) in [4.78, 5) is 73.0. The molecule has 0 heterocycles. The van der Waals surface area contributed by atoms with Gasteiger partial charge in [-0.05, 0) is 49.4 Å². The molecule has 0 bridgehead atoms. The molecule has 0 fully saturated rings. The Hall–Kier alpha value is -1.94. The van der Waals surface area contributed by atoms with E-state index in [1.807, 2.05) is 0 Å². The van der Waals surface area contributed by atoms with Crippen LogP contribution in [0.4, 0.5) is 0 Å². The van der Waals surface area contributed by atoms with E-state index in [0.717, 1.165) is 114 Å². The molecule has 0 radical (unpaired) electrons. The molecule has 3 N–H and O–H groups in total. The summed E-state index contributed by atoms with van der Waals surface area (Å²) in [6, 6.07) is 0. The van der Waals surface area contributed by atoms with Crippen LogP contribution in [0.5, 0.6) is 0 Å². The van der Waals surface area contributed by atoms with E-state index in [0.29, 0.717) is 31.6 Å². The van der Waals surface area contributed by atoms with Crippen molar-refractivity contribution in [1.29, 1.82) is 0 Å². The molecule has 0 amide bonds. The number of ether oxygens (including phenoxy) is 4. The van der Waals surface area contributed by atoms with Crippen molar-refractivity contribution in [3.63, 3.8) is 0 Å². The molecule has 17 nitrogen and oxygen atoms in total. The number of phosphoric acid groups is 2. The van der Waals surface area contributed by atoms with E-state index < -0.39 is 97.5 Å². The zero-order chi connectivity index (χ0) is 73.8. The molecule has 100 heavy (non-hydrogen) atoms. The molecule has 0 aliphatic rings. The Labute approximate surface area is 613 Å². The Morgan fingerprint density at radius 2 is 0.480 bits per heavy atom. The minimum absolute atomic E-state index is 0.106. The van der Waals surface area contributed by atoms with Crippen LogP contribution in [0.25, 0.3) is 0 Å². The molecule has 0 aromatic heterocycles. The third-order valence-electron chi connectivity index (χ3n) is 19.2. The Balaban J connectivity index is 5.20. The third kappa shape index (κ3) is 73.0. The Kier molecular flexibility index (Phi) is 68.7. The van der Waals surface area contributed by atoms with Gasteiger partial charge in [-0.1, -0.05) is 364 Å². The van der Waals surface area contributed by atoms with Gasteiger partial charge in [-0.3, -0.25) is 37.3 Å². The number of carbonyl (C=O) groups is 4. The lowest BCUT2D eigenvalue weighted by Crippen LogP contribution is -2.30. The third-order valence-corrected chi connectivity index (χ3v) is 21.1. The number of carbonyl (C=O) groups excluding carboxylic acids is 4. The molecule has 0 spiro atoms. The van der Waals surface area contributed by atoms with E-state index >= 15 is 0 Å². The molecule has 0 aliphatic heterocycles. The number of hydrogen-bond donors (Lipinski definition) is 3. The summed E-state index contributed by atoms with van der Waals surface area (Å²) in [5.74, 6) is 0.981. The number of phosphoric ester groups is 2. The molecule has 0 aliphatic carbocycles. The SMILES string of the molecule is CCC(C)CCCCCCCCCCCCC(=O)O[C@H](COC(=O)CCCCCCCCCCCCCCCCCCC(C)C)COP(=O)(O)OCC(O)COP(=O)(O)OC[C@@H](COC(=O)CCCCCCCCC(C)C)OC(=O)CCCCCCCCCCCCCCCCCC(C)C. The highest BCUT2D eigenvalue weighted by molar-refractivity contribution is 7.47. The first kappa shape index (κ1) is 98.1. The monoisotopic (exact) mass is 1470 g/mol. The molecule has 19 heteroatoms. The number of esters is 4. The first-order chi connectivity index (χ1) is 48.1. The average molecular weight is 1470 g/mol. The summed E-state index contributed by atoms with van der Waals surface area (Å²) in [5, 5.41) is 10.6. The number of unbranched alkanes of at least 4 members (excludes halogenated alkanes) is 43. The second-order valence-electron chi connectivity index (χ2n) is 30.8. The van der Waals surface area contributed by atoms with Crippen molar-refractivity contribution in [2.24, 2.45) is 23.7 Å². The van der Waals surface area contributed by atoms with Crippen molar-refractivity contribution in [2.45, 2.75) is 433 Å². The van der Waals surface area contributed by atoms with Crippen molar-refractivity contribution in [1.82, 2.24) is 0 Å². The normalized spacial score (nSPS) is 14.3. The van der Waals surface area contributed by atoms with Crippen molar-refractivity contribution < 1.29 is 80.2 Å². The van der Waals surface area contributed by atoms with E-state index in [-0.39, 0.29) is 25.7 Å². The Bertz CT molecular complexity index is 1960. The molecule has 6 atom stereocenters. The van der Waals surface area contributed by atoms with Crippen LogP contribution >= 0.6 is 15.6 Å². The lowest BCUT2D eigenvalue weighted by atomic mass is 9.99. The Morgan fingerprint density at radius 3 is 0.710 bits per heavy atom. The van der Waals surface area contributed by atoms with Gasteiger partial charge >= 0.3 is 39.5 Å². The van der Waals surface area contributed by atoms with E-state index in [9.17, 15) is 43.2 Å². The van der Waals surface area contributed by atoms with Crippen molar-refractivity contribution >= 4 is 39.5 Å². The van der Waals surface area contributed by atoms with Gasteiger partial charge in [0.2, 0.25) is 0 Å². The second kappa shape index (κ2) is 70.1. The number of aliphatic hydroxyl groups excluding tert-OH is 1. The van der Waals surface area contributed by atoms with Crippen LogP contribution in [-0.4, -0.2) is 96.7 Å². The number of hydrogen-bond acceptors (Lipinski definition) is 15. The number of rotatable bonds is 78. The summed E-state index contributed by atoms with van der Waals surface area (Å²) in [6.45, 7) is 14.2. The molecule has 0 aromatic carbocycles. The maximum absolute atomic E-state index is 13.1. The number of aliphatic hydroxyl groups is 1. The van der Waals surface area contributed by atoms with Crippen LogP contribution in [0.2, 0.25) is 0 Å². The molecule has 0 rings (SSSR count). The minimum Gasteiger partial charge on any atom is -0.462 e. The topological polar surface area (TPSA) is 237 Å². The molecule has 4 unspecified atom stereocenters. The molecule has 594 valence electrons. The lowest BCUT2D eigenvalue weighted by molar-refractivity contribution is -0.161. The zero-order valence-corrected chi connectivity index (χ0v) is 67.6. The first-order valence-electron chi connectivity index (χ1n) is 41.7. The zero-order valence-electron chi connectivity index (χ0n) is 65.8. The van der Waals surface area contributed by atoms with Gasteiger partial charge in [0, 0.05) is 25.7 Å². The van der Waals surface area contributed by atoms with E-state index in [4.69, 9.17) is 37.0 Å². The fourth-order valence-corrected chi connectivity index (χ4v) is 14.0. The highest BCUT2D eigenvalue weighted by atomic mass is 31.2. The van der Waals surface area contributed by atoms with E-state index in [2.05, 4.69) is 55.4 Å². The van der Waals surface area contributed by atoms with Crippen molar-refractivity contribution in [2.75, 3.05) is 39.6 Å². The van der Waals surface area contributed by atoms with Gasteiger partial charge in [-0.25, -0.2) is 9.13 Å². The summed E-state index contributed by atoms with van der Waals surface area (Å²) in [7, 11) is -9.92. The van der Waals surface area contributed by atoms with Crippen LogP contribution in [0.15, 0.2) is 0 Å². The minimum atomic E-state index is -4.96. The lowest BCUT2D eigenvalue weighted by Gasteiger charge is -2.21. The summed E-state index contributed by atoms with van der Waals surface area (Å²) < 4.78 is 68.7. The first-order valence-corrected chi connectivity index (χ1v) is 44.7. The van der Waals surface area contributed by atoms with Gasteiger partial charge in [0.15, 0.2) is 12.2 Å². The van der Waals surface area contributed by atoms with Gasteiger partial charge in [0.25, 0.3) is 0 Å². The molecule has 0 saturated heterocycles.